The van der Waals surface area contributed by atoms with Crippen molar-refractivity contribution < 1.29 is 4.79 Å². The molecule has 0 unspecified atom stereocenters. The quantitative estimate of drug-likeness (QED) is 0.747. The molecule has 3 rings (SSSR count). The molecule has 0 aliphatic carbocycles. The second kappa shape index (κ2) is 7.24. The Bertz CT molecular complexity index is 799. The van der Waals surface area contributed by atoms with Crippen LogP contribution in [0.3, 0.4) is 0 Å². The van der Waals surface area contributed by atoms with Gasteiger partial charge in [0.05, 0.1) is 18.3 Å². The zero-order valence-electron chi connectivity index (χ0n) is 12.4. The van der Waals surface area contributed by atoms with Gasteiger partial charge in [0.25, 0.3) is 0 Å². The molecule has 2 aromatic carbocycles. The van der Waals surface area contributed by atoms with E-state index in [1.165, 1.54) is 0 Å². The van der Waals surface area contributed by atoms with Crippen LogP contribution >= 0.6 is 15.9 Å². The molecule has 0 bridgehead atoms. The van der Waals surface area contributed by atoms with Gasteiger partial charge in [-0.1, -0.05) is 46.3 Å². The fourth-order valence-electron chi connectivity index (χ4n) is 2.27. The number of nitrogens with one attached hydrogen (secondary N) is 1. The average Bonchev–Trinajstić information content (AvgIpc) is 3.02. The van der Waals surface area contributed by atoms with Gasteiger partial charge in [0, 0.05) is 17.2 Å². The van der Waals surface area contributed by atoms with Crippen LogP contribution in [0.2, 0.25) is 0 Å². The Labute approximate surface area is 143 Å². The van der Waals surface area contributed by atoms with E-state index < -0.39 is 0 Å². The van der Waals surface area contributed by atoms with Crippen molar-refractivity contribution >= 4 is 21.8 Å². The number of carbonyl (C=O) groups excluding carboxylic acids is 1. The number of hydrogen-bond acceptors (Lipinski definition) is 2. The van der Waals surface area contributed by atoms with Crippen molar-refractivity contribution in [1.29, 1.82) is 0 Å². The van der Waals surface area contributed by atoms with Gasteiger partial charge >= 0.3 is 0 Å². The van der Waals surface area contributed by atoms with Crippen LogP contribution < -0.4 is 5.32 Å². The number of amides is 1. The monoisotopic (exact) mass is 369 g/mol. The van der Waals surface area contributed by atoms with Crippen LogP contribution in [0, 0.1) is 0 Å². The van der Waals surface area contributed by atoms with Crippen molar-refractivity contribution in [3.8, 4) is 5.69 Å². The van der Waals surface area contributed by atoms with E-state index in [4.69, 9.17) is 0 Å². The maximum absolute atomic E-state index is 12.1. The molecule has 0 saturated heterocycles. The number of nitrogens with zero attached hydrogens (tertiary/aromatic N) is 2. The maximum Gasteiger partial charge on any atom is 0.224 e. The summed E-state index contributed by atoms with van der Waals surface area (Å²) in [6.07, 6.45) is 3.93. The molecular formula is C18H16BrN3O. The van der Waals surface area contributed by atoms with Gasteiger partial charge in [0.2, 0.25) is 5.91 Å². The molecule has 23 heavy (non-hydrogen) atoms. The van der Waals surface area contributed by atoms with E-state index in [1.54, 1.807) is 10.9 Å². The highest BCUT2D eigenvalue weighted by Crippen LogP contribution is 2.11. The second-order valence-corrected chi connectivity index (χ2v) is 6.13. The van der Waals surface area contributed by atoms with Crippen molar-refractivity contribution in [3.63, 3.8) is 0 Å². The van der Waals surface area contributed by atoms with Gasteiger partial charge in [0.15, 0.2) is 0 Å². The highest BCUT2D eigenvalue weighted by Gasteiger charge is 2.07. The number of para-hydroxylation sites is 1. The predicted octanol–water partition coefficient (Wildman–Crippen LogP) is 3.49. The molecule has 1 N–H and O–H groups in total. The number of hydrogen-bond donors (Lipinski definition) is 1. The van der Waals surface area contributed by atoms with Gasteiger partial charge < -0.3 is 5.32 Å². The summed E-state index contributed by atoms with van der Waals surface area (Å²) in [5.74, 6) is -0.0161. The first-order valence-electron chi connectivity index (χ1n) is 7.31. The van der Waals surface area contributed by atoms with E-state index in [9.17, 15) is 4.79 Å². The Morgan fingerprint density at radius 3 is 2.70 bits per heavy atom. The number of rotatable bonds is 5. The fourth-order valence-corrected chi connectivity index (χ4v) is 2.72. The molecule has 3 aromatic rings. The molecule has 0 fully saturated rings. The molecule has 4 nitrogen and oxygen atoms in total. The van der Waals surface area contributed by atoms with Crippen molar-refractivity contribution in [2.24, 2.45) is 0 Å². The topological polar surface area (TPSA) is 46.9 Å². The average molecular weight is 370 g/mol. The minimum Gasteiger partial charge on any atom is -0.352 e. The summed E-state index contributed by atoms with van der Waals surface area (Å²) >= 11 is 3.42. The van der Waals surface area contributed by atoms with Gasteiger partial charge in [-0.15, -0.1) is 0 Å². The van der Waals surface area contributed by atoms with Gasteiger partial charge in [-0.05, 0) is 35.4 Å². The summed E-state index contributed by atoms with van der Waals surface area (Å²) in [6.45, 7) is 0.519. The zero-order chi connectivity index (χ0) is 16.1. The summed E-state index contributed by atoms with van der Waals surface area (Å²) in [5.41, 5.74) is 2.93. The fraction of sp³-hybridized carbons (Fsp3) is 0.111. The summed E-state index contributed by atoms with van der Waals surface area (Å²) in [5, 5.41) is 7.23. The molecule has 1 amide bonds. The van der Waals surface area contributed by atoms with Crippen molar-refractivity contribution in [2.45, 2.75) is 13.0 Å². The van der Waals surface area contributed by atoms with Gasteiger partial charge in [-0.2, -0.15) is 5.10 Å². The Morgan fingerprint density at radius 1 is 1.09 bits per heavy atom. The molecule has 116 valence electrons. The Kier molecular flexibility index (Phi) is 4.88. The minimum absolute atomic E-state index is 0.0161. The van der Waals surface area contributed by atoms with Crippen LogP contribution in [0.4, 0.5) is 0 Å². The molecule has 0 atom stereocenters. The lowest BCUT2D eigenvalue weighted by molar-refractivity contribution is -0.120. The van der Waals surface area contributed by atoms with Crippen LogP contribution in [-0.2, 0) is 17.8 Å². The van der Waals surface area contributed by atoms with Crippen molar-refractivity contribution in [3.05, 3.63) is 82.6 Å². The summed E-state index contributed by atoms with van der Waals surface area (Å²) in [6, 6.07) is 17.7. The highest BCUT2D eigenvalue weighted by atomic mass is 79.9. The normalized spacial score (nSPS) is 10.5. The first kappa shape index (κ1) is 15.5. The predicted molar refractivity (Wildman–Crippen MR) is 93.3 cm³/mol. The molecular weight excluding hydrogens is 354 g/mol. The zero-order valence-corrected chi connectivity index (χ0v) is 14.0. The molecule has 0 saturated carbocycles. The van der Waals surface area contributed by atoms with Crippen LogP contribution in [0.15, 0.2) is 71.5 Å². The number of benzene rings is 2. The van der Waals surface area contributed by atoms with Crippen molar-refractivity contribution in [1.82, 2.24) is 15.1 Å². The second-order valence-electron chi connectivity index (χ2n) is 5.21. The van der Waals surface area contributed by atoms with Gasteiger partial charge in [-0.25, -0.2) is 4.68 Å². The minimum atomic E-state index is -0.0161. The lowest BCUT2D eigenvalue weighted by Gasteiger charge is -2.05. The molecule has 0 aliphatic rings. The van der Waals surface area contributed by atoms with E-state index >= 15 is 0 Å². The van der Waals surface area contributed by atoms with Crippen LogP contribution in [0.25, 0.3) is 5.69 Å². The Hall–Kier alpha value is -2.40. The van der Waals surface area contributed by atoms with E-state index in [1.807, 2.05) is 60.8 Å². The number of aromatic nitrogens is 2. The van der Waals surface area contributed by atoms with E-state index in [-0.39, 0.29) is 5.91 Å². The Morgan fingerprint density at radius 2 is 1.91 bits per heavy atom. The summed E-state index contributed by atoms with van der Waals surface area (Å²) < 4.78 is 2.78. The third-order valence-electron chi connectivity index (χ3n) is 3.40. The SMILES string of the molecule is O=C(Cc1cnn(-c2ccccc2)c1)NCc1cccc(Br)c1. The first-order chi connectivity index (χ1) is 11.2. The first-order valence-corrected chi connectivity index (χ1v) is 8.10. The number of carbonyl (C=O) groups is 1. The molecule has 0 aliphatic heterocycles. The maximum atomic E-state index is 12.1. The van der Waals surface area contributed by atoms with Crippen LogP contribution in [0.5, 0.6) is 0 Å². The van der Waals surface area contributed by atoms with Gasteiger partial charge in [0.1, 0.15) is 0 Å². The summed E-state index contributed by atoms with van der Waals surface area (Å²) in [4.78, 5) is 12.1. The van der Waals surface area contributed by atoms with E-state index in [0.717, 1.165) is 21.3 Å². The molecule has 0 spiro atoms. The third-order valence-corrected chi connectivity index (χ3v) is 3.89. The van der Waals surface area contributed by atoms with Crippen LogP contribution in [-0.4, -0.2) is 15.7 Å². The van der Waals surface area contributed by atoms with Crippen LogP contribution in [0.1, 0.15) is 11.1 Å². The third kappa shape index (κ3) is 4.29. The lowest BCUT2D eigenvalue weighted by atomic mass is 10.2. The number of halogens is 1. The molecule has 1 heterocycles. The summed E-state index contributed by atoms with van der Waals surface area (Å²) in [7, 11) is 0. The van der Waals surface area contributed by atoms with E-state index in [0.29, 0.717) is 13.0 Å². The van der Waals surface area contributed by atoms with Crippen molar-refractivity contribution in [2.75, 3.05) is 0 Å². The highest BCUT2D eigenvalue weighted by molar-refractivity contribution is 9.10. The van der Waals surface area contributed by atoms with Gasteiger partial charge in [-0.3, -0.25) is 4.79 Å². The standard InChI is InChI=1S/C18H16BrN3O/c19-16-6-4-5-14(9-16)11-20-18(23)10-15-12-21-22(13-15)17-7-2-1-3-8-17/h1-9,12-13H,10-11H2,(H,20,23). The largest absolute Gasteiger partial charge is 0.352 e. The van der Waals surface area contributed by atoms with E-state index in [2.05, 4.69) is 26.3 Å². The lowest BCUT2D eigenvalue weighted by Crippen LogP contribution is -2.24. The Balaban J connectivity index is 1.57. The molecule has 1 aromatic heterocycles. The molecule has 5 heteroatoms. The smallest absolute Gasteiger partial charge is 0.224 e. The molecule has 0 radical (unpaired) electrons.